The number of hydrogen-bond donors (Lipinski definition) is 0. The highest BCUT2D eigenvalue weighted by Crippen LogP contribution is 2.33. The smallest absolute Gasteiger partial charge is 0.320 e. The van der Waals surface area contributed by atoms with Gasteiger partial charge in [-0.05, 0) is 26.7 Å². The van der Waals surface area contributed by atoms with Gasteiger partial charge in [0.15, 0.2) is 0 Å². The molecule has 1 aliphatic heterocycles. The predicted octanol–water partition coefficient (Wildman–Crippen LogP) is 1.79. The van der Waals surface area contributed by atoms with Crippen molar-refractivity contribution in [1.82, 2.24) is 9.80 Å². The molecule has 0 spiro atoms. The van der Waals surface area contributed by atoms with Gasteiger partial charge < -0.3 is 9.80 Å². The van der Waals surface area contributed by atoms with Crippen molar-refractivity contribution in [2.45, 2.75) is 39.3 Å². The summed E-state index contributed by atoms with van der Waals surface area (Å²) in [6.07, 6.45) is 0. The van der Waals surface area contributed by atoms with E-state index in [2.05, 4.69) is 27.7 Å². The minimum atomic E-state index is -0.0387. The first-order valence-electron chi connectivity index (χ1n) is 4.80. The van der Waals surface area contributed by atoms with Gasteiger partial charge in [0.1, 0.15) is 0 Å². The number of hydrogen-bond acceptors (Lipinski definition) is 1. The van der Waals surface area contributed by atoms with Crippen LogP contribution in [-0.4, -0.2) is 41.5 Å². The average molecular weight is 184 g/mol. The SMILES string of the molecule is C[C@@H]1[C@H](C)N(C)C(=O)N(C)C1(C)C. The normalized spacial score (nSPS) is 33.8. The van der Waals surface area contributed by atoms with Crippen molar-refractivity contribution >= 4 is 6.03 Å². The Kier molecular flexibility index (Phi) is 2.30. The molecule has 0 aromatic rings. The zero-order valence-corrected chi connectivity index (χ0v) is 9.46. The molecule has 0 N–H and O–H groups in total. The fourth-order valence-corrected chi connectivity index (χ4v) is 1.89. The Bertz CT molecular complexity index is 225. The lowest BCUT2D eigenvalue weighted by Gasteiger charge is -2.51. The average Bonchev–Trinajstić information content (AvgIpc) is 2.09. The van der Waals surface area contributed by atoms with Crippen molar-refractivity contribution in [2.75, 3.05) is 14.1 Å². The first-order valence-corrected chi connectivity index (χ1v) is 4.80. The van der Waals surface area contributed by atoms with E-state index in [4.69, 9.17) is 0 Å². The molecule has 0 bridgehead atoms. The number of nitrogens with zero attached hydrogens (tertiary/aromatic N) is 2. The summed E-state index contributed by atoms with van der Waals surface area (Å²) in [5, 5.41) is 0. The van der Waals surface area contributed by atoms with Crippen LogP contribution in [0.1, 0.15) is 27.7 Å². The lowest BCUT2D eigenvalue weighted by molar-refractivity contribution is 0.0155. The van der Waals surface area contributed by atoms with Gasteiger partial charge in [-0.3, -0.25) is 0 Å². The fourth-order valence-electron chi connectivity index (χ4n) is 1.89. The second-order valence-electron chi connectivity index (χ2n) is 4.64. The summed E-state index contributed by atoms with van der Waals surface area (Å²) in [4.78, 5) is 15.4. The van der Waals surface area contributed by atoms with Crippen LogP contribution in [-0.2, 0) is 0 Å². The molecule has 0 aromatic heterocycles. The van der Waals surface area contributed by atoms with Gasteiger partial charge in [-0.2, -0.15) is 0 Å². The highest BCUT2D eigenvalue weighted by Gasteiger charge is 2.44. The predicted molar refractivity (Wildman–Crippen MR) is 53.6 cm³/mol. The molecule has 1 rings (SSSR count). The van der Waals surface area contributed by atoms with Crippen LogP contribution in [0.25, 0.3) is 0 Å². The topological polar surface area (TPSA) is 23.6 Å². The molecule has 0 aliphatic carbocycles. The molecule has 1 fully saturated rings. The van der Waals surface area contributed by atoms with Gasteiger partial charge in [-0.15, -0.1) is 0 Å². The maximum atomic E-state index is 11.7. The molecule has 2 atom stereocenters. The zero-order chi connectivity index (χ0) is 10.4. The van der Waals surface area contributed by atoms with Gasteiger partial charge in [0, 0.05) is 25.7 Å². The van der Waals surface area contributed by atoms with Crippen molar-refractivity contribution in [3.63, 3.8) is 0 Å². The Hall–Kier alpha value is -0.730. The third kappa shape index (κ3) is 1.30. The largest absolute Gasteiger partial charge is 0.325 e. The Morgan fingerprint density at radius 2 is 1.69 bits per heavy atom. The Morgan fingerprint density at radius 3 is 2.15 bits per heavy atom. The molecule has 13 heavy (non-hydrogen) atoms. The molecule has 2 amide bonds. The van der Waals surface area contributed by atoms with Crippen molar-refractivity contribution in [2.24, 2.45) is 5.92 Å². The molecular weight excluding hydrogens is 164 g/mol. The minimum absolute atomic E-state index is 0.0387. The lowest BCUT2D eigenvalue weighted by Crippen LogP contribution is -2.64. The van der Waals surface area contributed by atoms with Crippen LogP contribution in [0.5, 0.6) is 0 Å². The van der Waals surface area contributed by atoms with E-state index in [0.29, 0.717) is 12.0 Å². The van der Waals surface area contributed by atoms with Gasteiger partial charge in [0.05, 0.1) is 0 Å². The molecule has 1 heterocycles. The van der Waals surface area contributed by atoms with Crippen molar-refractivity contribution in [3.05, 3.63) is 0 Å². The van der Waals surface area contributed by atoms with Crippen LogP contribution in [0, 0.1) is 5.92 Å². The number of carbonyl (C=O) groups is 1. The van der Waals surface area contributed by atoms with Gasteiger partial charge in [-0.25, -0.2) is 4.79 Å². The van der Waals surface area contributed by atoms with Gasteiger partial charge in [-0.1, -0.05) is 6.92 Å². The van der Waals surface area contributed by atoms with Crippen LogP contribution >= 0.6 is 0 Å². The Labute approximate surface area is 80.7 Å². The number of amides is 2. The summed E-state index contributed by atoms with van der Waals surface area (Å²) in [7, 11) is 3.75. The highest BCUT2D eigenvalue weighted by atomic mass is 16.2. The lowest BCUT2D eigenvalue weighted by atomic mass is 9.80. The number of urea groups is 1. The van der Waals surface area contributed by atoms with Crippen LogP contribution in [0.3, 0.4) is 0 Å². The summed E-state index contributed by atoms with van der Waals surface area (Å²) in [6.45, 7) is 8.56. The maximum absolute atomic E-state index is 11.7. The highest BCUT2D eigenvalue weighted by molar-refractivity contribution is 5.76. The Balaban J connectivity index is 3.00. The van der Waals surface area contributed by atoms with Crippen molar-refractivity contribution in [3.8, 4) is 0 Å². The fraction of sp³-hybridized carbons (Fsp3) is 0.900. The standard InChI is InChI=1S/C10H20N2O/c1-7-8(2)11(5)9(13)12(6)10(7,3)4/h7-8H,1-6H3/t7-,8+/m1/s1. The van der Waals surface area contributed by atoms with Gasteiger partial charge in [0.2, 0.25) is 0 Å². The van der Waals surface area contributed by atoms with Crippen LogP contribution in [0.4, 0.5) is 4.79 Å². The summed E-state index contributed by atoms with van der Waals surface area (Å²) in [5.74, 6) is 0.486. The molecule has 0 radical (unpaired) electrons. The maximum Gasteiger partial charge on any atom is 0.320 e. The molecule has 1 aliphatic rings. The molecule has 0 aromatic carbocycles. The van der Waals surface area contributed by atoms with E-state index in [1.54, 1.807) is 0 Å². The van der Waals surface area contributed by atoms with Gasteiger partial charge in [0.25, 0.3) is 0 Å². The van der Waals surface area contributed by atoms with E-state index in [9.17, 15) is 4.79 Å². The first-order chi connectivity index (χ1) is 5.80. The van der Waals surface area contributed by atoms with Crippen LogP contribution in [0.15, 0.2) is 0 Å². The summed E-state index contributed by atoms with van der Waals surface area (Å²) in [6, 6.07) is 0.439. The minimum Gasteiger partial charge on any atom is -0.325 e. The molecule has 0 saturated carbocycles. The van der Waals surface area contributed by atoms with E-state index in [0.717, 1.165) is 0 Å². The second kappa shape index (κ2) is 2.89. The quantitative estimate of drug-likeness (QED) is 0.563. The van der Waals surface area contributed by atoms with Gasteiger partial charge >= 0.3 is 6.03 Å². The van der Waals surface area contributed by atoms with Crippen LogP contribution in [0.2, 0.25) is 0 Å². The second-order valence-corrected chi connectivity index (χ2v) is 4.64. The monoisotopic (exact) mass is 184 g/mol. The molecule has 0 unspecified atom stereocenters. The first kappa shape index (κ1) is 10.4. The molecule has 76 valence electrons. The molecular formula is C10H20N2O. The van der Waals surface area contributed by atoms with Crippen LogP contribution < -0.4 is 0 Å². The third-order valence-corrected chi connectivity index (χ3v) is 3.90. The molecule has 3 nitrogen and oxygen atoms in total. The molecule has 3 heteroatoms. The van der Waals surface area contributed by atoms with E-state index >= 15 is 0 Å². The number of rotatable bonds is 0. The van der Waals surface area contributed by atoms with E-state index in [-0.39, 0.29) is 11.6 Å². The summed E-state index contributed by atoms with van der Waals surface area (Å²) < 4.78 is 0. The van der Waals surface area contributed by atoms with E-state index in [1.165, 1.54) is 0 Å². The summed E-state index contributed by atoms with van der Waals surface area (Å²) >= 11 is 0. The van der Waals surface area contributed by atoms with Crippen molar-refractivity contribution < 1.29 is 4.79 Å². The van der Waals surface area contributed by atoms with Crippen molar-refractivity contribution in [1.29, 1.82) is 0 Å². The number of carbonyl (C=O) groups excluding carboxylic acids is 1. The summed E-state index contributed by atoms with van der Waals surface area (Å²) in [5.41, 5.74) is -0.0387. The zero-order valence-electron chi connectivity index (χ0n) is 9.46. The Morgan fingerprint density at radius 1 is 1.23 bits per heavy atom. The molecule has 1 saturated heterocycles. The van der Waals surface area contributed by atoms with E-state index < -0.39 is 0 Å². The van der Waals surface area contributed by atoms with E-state index in [1.807, 2.05) is 23.9 Å². The third-order valence-electron chi connectivity index (χ3n) is 3.90.